The third kappa shape index (κ3) is 6.91. The van der Waals surface area contributed by atoms with Crippen molar-refractivity contribution < 1.29 is 9.59 Å². The Morgan fingerprint density at radius 1 is 1.03 bits per heavy atom. The van der Waals surface area contributed by atoms with E-state index >= 15 is 0 Å². The summed E-state index contributed by atoms with van der Waals surface area (Å²) in [5, 5.41) is 16.4. The second kappa shape index (κ2) is 12.1. The molecule has 3 aromatic rings. The van der Waals surface area contributed by atoms with Crippen LogP contribution in [0.4, 0.5) is 5.69 Å². The quantitative estimate of drug-likeness (QED) is 0.298. The van der Waals surface area contributed by atoms with Crippen LogP contribution in [0.2, 0.25) is 15.1 Å². The average molecular weight is 555 g/mol. The van der Waals surface area contributed by atoms with Crippen molar-refractivity contribution in [3.05, 3.63) is 68.4 Å². The molecule has 0 bridgehead atoms. The maximum atomic E-state index is 12.9. The Morgan fingerprint density at radius 3 is 2.40 bits per heavy atom. The number of amides is 2. The van der Waals surface area contributed by atoms with Gasteiger partial charge in [0.1, 0.15) is 0 Å². The molecule has 0 unspecified atom stereocenters. The maximum Gasteiger partial charge on any atom is 0.251 e. The number of nitrogens with zero attached hydrogens (tertiary/aromatic N) is 3. The van der Waals surface area contributed by atoms with E-state index in [1.165, 1.54) is 17.8 Å². The third-order valence-corrected chi connectivity index (χ3v) is 7.38. The van der Waals surface area contributed by atoms with Gasteiger partial charge in [0.25, 0.3) is 5.91 Å². The summed E-state index contributed by atoms with van der Waals surface area (Å²) < 4.78 is 1.90. The van der Waals surface area contributed by atoms with Gasteiger partial charge in [-0.3, -0.25) is 9.59 Å². The highest BCUT2D eigenvalue weighted by molar-refractivity contribution is 7.99. The Kier molecular flexibility index (Phi) is 9.47. The molecule has 2 N–H and O–H groups in total. The van der Waals surface area contributed by atoms with Crippen molar-refractivity contribution in [2.24, 2.45) is 5.92 Å². The van der Waals surface area contributed by atoms with Gasteiger partial charge in [0.05, 0.1) is 21.8 Å². The van der Waals surface area contributed by atoms with Crippen LogP contribution in [0.3, 0.4) is 0 Å². The summed E-state index contributed by atoms with van der Waals surface area (Å²) in [5.41, 5.74) is 1.97. The lowest BCUT2D eigenvalue weighted by atomic mass is 10.0. The first kappa shape index (κ1) is 27.3. The fourth-order valence-electron chi connectivity index (χ4n) is 3.32. The predicted octanol–water partition coefficient (Wildman–Crippen LogP) is 6.42. The molecule has 0 aliphatic carbocycles. The van der Waals surface area contributed by atoms with Crippen LogP contribution in [0.5, 0.6) is 0 Å². The highest BCUT2D eigenvalue weighted by Gasteiger charge is 2.26. The van der Waals surface area contributed by atoms with Gasteiger partial charge in [-0.05, 0) is 55.7 Å². The fourth-order valence-corrected chi connectivity index (χ4v) is 4.61. The molecule has 2 amide bonds. The van der Waals surface area contributed by atoms with Gasteiger partial charge >= 0.3 is 0 Å². The summed E-state index contributed by atoms with van der Waals surface area (Å²) in [7, 11) is 0. The number of anilines is 1. The van der Waals surface area contributed by atoms with Gasteiger partial charge in [0.15, 0.2) is 11.0 Å². The first-order valence-electron chi connectivity index (χ1n) is 11.0. The zero-order valence-electron chi connectivity index (χ0n) is 19.7. The second-order valence-corrected chi connectivity index (χ2v) is 10.4. The van der Waals surface area contributed by atoms with E-state index in [1.54, 1.807) is 24.3 Å². The Balaban J connectivity index is 1.72. The molecule has 1 aromatic heterocycles. The molecule has 0 saturated carbocycles. The molecule has 2 aromatic carbocycles. The first-order chi connectivity index (χ1) is 16.6. The number of halogens is 3. The summed E-state index contributed by atoms with van der Waals surface area (Å²) in [6.45, 7) is 8.41. The Morgan fingerprint density at radius 2 is 1.77 bits per heavy atom. The molecule has 0 saturated heterocycles. The van der Waals surface area contributed by atoms with Crippen LogP contribution in [0.25, 0.3) is 0 Å². The Bertz CT molecular complexity index is 1230. The molecule has 186 valence electrons. The molecule has 0 radical (unpaired) electrons. The van der Waals surface area contributed by atoms with Gasteiger partial charge in [0.2, 0.25) is 5.91 Å². The highest BCUT2D eigenvalue weighted by atomic mass is 35.5. The number of aryl methyl sites for hydroxylation is 1. The lowest BCUT2D eigenvalue weighted by Gasteiger charge is -2.22. The molecule has 0 fully saturated rings. The van der Waals surface area contributed by atoms with Crippen LogP contribution >= 0.6 is 46.6 Å². The van der Waals surface area contributed by atoms with E-state index in [9.17, 15) is 9.59 Å². The highest BCUT2D eigenvalue weighted by Crippen LogP contribution is 2.27. The molecule has 1 heterocycles. The maximum absolute atomic E-state index is 12.9. The molecule has 3 rings (SSSR count). The lowest BCUT2D eigenvalue weighted by Crippen LogP contribution is -2.33. The van der Waals surface area contributed by atoms with E-state index in [0.717, 1.165) is 5.56 Å². The lowest BCUT2D eigenvalue weighted by molar-refractivity contribution is -0.113. The summed E-state index contributed by atoms with van der Waals surface area (Å²) in [6.07, 6.45) is 0. The van der Waals surface area contributed by atoms with Gasteiger partial charge < -0.3 is 15.2 Å². The van der Waals surface area contributed by atoms with E-state index in [4.69, 9.17) is 34.8 Å². The Hall–Kier alpha value is -2.26. The summed E-state index contributed by atoms with van der Waals surface area (Å²) >= 11 is 19.5. The minimum atomic E-state index is -0.401. The van der Waals surface area contributed by atoms with Crippen molar-refractivity contribution in [2.75, 3.05) is 11.1 Å². The smallest absolute Gasteiger partial charge is 0.251 e. The molecule has 0 aliphatic rings. The number of carbonyl (C=O) groups excluding carboxylic acids is 2. The number of carbonyl (C=O) groups is 2. The predicted molar refractivity (Wildman–Crippen MR) is 143 cm³/mol. The van der Waals surface area contributed by atoms with Crippen molar-refractivity contribution in [3.8, 4) is 0 Å². The minimum absolute atomic E-state index is 0.0312. The number of aromatic nitrogens is 3. The largest absolute Gasteiger partial charge is 0.342 e. The third-order valence-electron chi connectivity index (χ3n) is 5.26. The summed E-state index contributed by atoms with van der Waals surface area (Å²) in [4.78, 5) is 25.4. The van der Waals surface area contributed by atoms with Crippen LogP contribution < -0.4 is 10.6 Å². The van der Waals surface area contributed by atoms with Crippen molar-refractivity contribution in [1.82, 2.24) is 20.1 Å². The van der Waals surface area contributed by atoms with Crippen molar-refractivity contribution >= 4 is 64.1 Å². The van der Waals surface area contributed by atoms with Gasteiger partial charge in [-0.1, -0.05) is 66.5 Å². The Labute approximate surface area is 223 Å². The molecule has 0 spiro atoms. The van der Waals surface area contributed by atoms with Crippen molar-refractivity contribution in [2.45, 2.75) is 45.4 Å². The first-order valence-corrected chi connectivity index (χ1v) is 13.1. The monoisotopic (exact) mass is 553 g/mol. The number of benzene rings is 2. The number of nitrogens with one attached hydrogen (secondary N) is 2. The summed E-state index contributed by atoms with van der Waals surface area (Å²) in [6, 6.07) is 9.71. The van der Waals surface area contributed by atoms with E-state index in [2.05, 4.69) is 20.8 Å². The topological polar surface area (TPSA) is 88.9 Å². The number of hydrogen-bond donors (Lipinski definition) is 2. The van der Waals surface area contributed by atoms with E-state index < -0.39 is 6.04 Å². The van der Waals surface area contributed by atoms with Crippen LogP contribution in [0, 0.1) is 12.8 Å². The van der Waals surface area contributed by atoms with Crippen molar-refractivity contribution in [1.29, 1.82) is 0 Å². The standard InChI is InChI=1S/C24H26Cl3N5O2S/c1-5-32-22(21(13(2)3)29-23(34)15-7-9-17(25)19(27)10-15)30-31-24(32)35-12-20(33)28-16-8-6-14(4)18(26)11-16/h6-11,13,21H,5,12H2,1-4H3,(H,28,33)(H,29,34)/t21-/m0/s1. The number of rotatable bonds is 9. The zero-order valence-corrected chi connectivity index (χ0v) is 22.8. The van der Waals surface area contributed by atoms with Crippen LogP contribution in [0.1, 0.15) is 48.6 Å². The molecule has 1 atom stereocenters. The molecular weight excluding hydrogens is 529 g/mol. The normalized spacial score (nSPS) is 12.0. The van der Waals surface area contributed by atoms with E-state index in [0.29, 0.717) is 43.8 Å². The van der Waals surface area contributed by atoms with Gasteiger partial charge in [0, 0.05) is 22.8 Å². The van der Waals surface area contributed by atoms with E-state index in [1.807, 2.05) is 38.3 Å². The average Bonchev–Trinajstić information content (AvgIpc) is 3.22. The van der Waals surface area contributed by atoms with Crippen molar-refractivity contribution in [3.63, 3.8) is 0 Å². The number of hydrogen-bond acceptors (Lipinski definition) is 5. The zero-order chi connectivity index (χ0) is 25.7. The molecule has 35 heavy (non-hydrogen) atoms. The van der Waals surface area contributed by atoms with Gasteiger partial charge in [-0.25, -0.2) is 0 Å². The van der Waals surface area contributed by atoms with Gasteiger partial charge in [-0.15, -0.1) is 10.2 Å². The molecule has 7 nitrogen and oxygen atoms in total. The molecular formula is C24H26Cl3N5O2S. The van der Waals surface area contributed by atoms with E-state index in [-0.39, 0.29) is 23.5 Å². The molecule has 11 heteroatoms. The van der Waals surface area contributed by atoms with Crippen LogP contribution in [-0.2, 0) is 11.3 Å². The number of thioether (sulfide) groups is 1. The van der Waals surface area contributed by atoms with Crippen LogP contribution in [-0.4, -0.2) is 32.3 Å². The van der Waals surface area contributed by atoms with Crippen LogP contribution in [0.15, 0.2) is 41.6 Å². The second-order valence-electron chi connectivity index (χ2n) is 8.21. The van der Waals surface area contributed by atoms with Gasteiger partial charge in [-0.2, -0.15) is 0 Å². The SMILES string of the molecule is CCn1c(SCC(=O)Nc2ccc(C)c(Cl)c2)nnc1[C@@H](NC(=O)c1ccc(Cl)c(Cl)c1)C(C)C. The summed E-state index contributed by atoms with van der Waals surface area (Å²) in [5.74, 6) is 0.313. The molecule has 0 aliphatic heterocycles. The minimum Gasteiger partial charge on any atom is -0.342 e. The fraction of sp³-hybridized carbons (Fsp3) is 0.333.